The normalized spacial score (nSPS) is 11.7. The third-order valence-corrected chi connectivity index (χ3v) is 3.98. The number of benzene rings is 1. The predicted molar refractivity (Wildman–Crippen MR) is 92.4 cm³/mol. The maximum Gasteiger partial charge on any atom is 0.0420 e. The molecule has 0 aromatic heterocycles. The Balaban J connectivity index is 2.85. The van der Waals surface area contributed by atoms with E-state index in [0.717, 1.165) is 23.3 Å². The largest absolute Gasteiger partial charge is 0.373 e. The van der Waals surface area contributed by atoms with Crippen LogP contribution in [-0.4, -0.2) is 31.1 Å². The summed E-state index contributed by atoms with van der Waals surface area (Å²) in [4.78, 5) is 2.33. The first-order valence-corrected chi connectivity index (χ1v) is 8.75. The number of rotatable bonds is 6. The van der Waals surface area contributed by atoms with Gasteiger partial charge in [-0.1, -0.05) is 22.0 Å². The molecule has 0 saturated carbocycles. The zero-order valence-electron chi connectivity index (χ0n) is 12.6. The first-order valence-electron chi connectivity index (χ1n) is 6.57. The maximum absolute atomic E-state index is 3.57. The second-order valence-corrected chi connectivity index (χ2v) is 7.69. The summed E-state index contributed by atoms with van der Waals surface area (Å²) < 4.78 is 1.14. The van der Waals surface area contributed by atoms with Gasteiger partial charge < -0.3 is 10.2 Å². The van der Waals surface area contributed by atoms with Gasteiger partial charge in [-0.05, 0) is 44.7 Å². The van der Waals surface area contributed by atoms with E-state index in [1.807, 2.05) is 11.8 Å². The minimum Gasteiger partial charge on any atom is -0.373 e. The molecular weight excluding hydrogens is 320 g/mol. The van der Waals surface area contributed by atoms with Crippen molar-refractivity contribution >= 4 is 33.4 Å². The van der Waals surface area contributed by atoms with Crippen LogP contribution >= 0.6 is 27.7 Å². The molecule has 0 bridgehead atoms. The molecule has 0 unspecified atom stereocenters. The van der Waals surface area contributed by atoms with Gasteiger partial charge in [-0.25, -0.2) is 0 Å². The summed E-state index contributed by atoms with van der Waals surface area (Å²) in [6, 6.07) is 6.53. The van der Waals surface area contributed by atoms with E-state index >= 15 is 0 Å². The highest BCUT2D eigenvalue weighted by Crippen LogP contribution is 2.25. The Morgan fingerprint density at radius 2 is 2.00 bits per heavy atom. The maximum atomic E-state index is 3.57. The Hall–Kier alpha value is -0.190. The highest BCUT2D eigenvalue weighted by Gasteiger charge is 2.12. The van der Waals surface area contributed by atoms with E-state index in [1.54, 1.807) is 0 Å². The molecule has 0 fully saturated rings. The van der Waals surface area contributed by atoms with Gasteiger partial charge in [-0.3, -0.25) is 0 Å². The molecule has 0 aliphatic carbocycles. The van der Waals surface area contributed by atoms with Crippen molar-refractivity contribution in [3.8, 4) is 0 Å². The lowest BCUT2D eigenvalue weighted by molar-refractivity contribution is 0.424. The second kappa shape index (κ2) is 7.55. The zero-order valence-corrected chi connectivity index (χ0v) is 15.0. The fourth-order valence-corrected chi connectivity index (χ4v) is 2.56. The molecule has 1 N–H and O–H groups in total. The number of anilines is 1. The number of hydrogen-bond acceptors (Lipinski definition) is 3. The summed E-state index contributed by atoms with van der Waals surface area (Å²) in [6.45, 7) is 8.56. The van der Waals surface area contributed by atoms with Gasteiger partial charge in [0.2, 0.25) is 0 Å². The fraction of sp³-hybridized carbons (Fsp3) is 0.600. The lowest BCUT2D eigenvalue weighted by Crippen LogP contribution is -2.35. The van der Waals surface area contributed by atoms with E-state index in [1.165, 1.54) is 11.3 Å². The van der Waals surface area contributed by atoms with E-state index in [0.29, 0.717) is 0 Å². The van der Waals surface area contributed by atoms with Crippen molar-refractivity contribution in [2.24, 2.45) is 0 Å². The van der Waals surface area contributed by atoms with Gasteiger partial charge in [-0.2, -0.15) is 11.8 Å². The highest BCUT2D eigenvalue weighted by molar-refractivity contribution is 9.10. The molecule has 0 heterocycles. The molecule has 1 aromatic rings. The van der Waals surface area contributed by atoms with Crippen LogP contribution in [0.1, 0.15) is 26.3 Å². The van der Waals surface area contributed by atoms with Crippen molar-refractivity contribution in [1.29, 1.82) is 0 Å². The first-order chi connectivity index (χ1) is 8.83. The Bertz CT molecular complexity index is 402. The van der Waals surface area contributed by atoms with Crippen molar-refractivity contribution < 1.29 is 0 Å². The molecule has 0 aliphatic heterocycles. The third-order valence-electron chi connectivity index (χ3n) is 2.90. The van der Waals surface area contributed by atoms with Crippen molar-refractivity contribution in [3.63, 3.8) is 0 Å². The first kappa shape index (κ1) is 16.9. The number of thioether (sulfide) groups is 1. The lowest BCUT2D eigenvalue weighted by Gasteiger charge is -2.26. The molecule has 19 heavy (non-hydrogen) atoms. The average molecular weight is 345 g/mol. The summed E-state index contributed by atoms with van der Waals surface area (Å²) in [5, 5.41) is 3.56. The van der Waals surface area contributed by atoms with Crippen LogP contribution in [0.15, 0.2) is 22.7 Å². The number of nitrogens with zero attached hydrogens (tertiary/aromatic N) is 1. The van der Waals surface area contributed by atoms with Crippen LogP contribution < -0.4 is 10.2 Å². The number of nitrogens with one attached hydrogen (secondary N) is 1. The molecule has 0 radical (unpaired) electrons. The van der Waals surface area contributed by atoms with E-state index in [4.69, 9.17) is 0 Å². The SMILES string of the molecule is CSCCN(C)c1cc(Br)ccc1CNC(C)(C)C. The molecule has 2 nitrogen and oxygen atoms in total. The monoisotopic (exact) mass is 344 g/mol. The van der Waals surface area contributed by atoms with Gasteiger partial charge in [0.1, 0.15) is 0 Å². The Morgan fingerprint density at radius 1 is 1.32 bits per heavy atom. The minimum absolute atomic E-state index is 0.141. The van der Waals surface area contributed by atoms with Crippen molar-refractivity contribution in [2.45, 2.75) is 32.9 Å². The van der Waals surface area contributed by atoms with E-state index in [2.05, 4.69) is 78.4 Å². The third kappa shape index (κ3) is 6.19. The predicted octanol–water partition coefficient (Wildman–Crippen LogP) is 4.14. The summed E-state index contributed by atoms with van der Waals surface area (Å²) in [7, 11) is 2.17. The molecule has 4 heteroatoms. The summed E-state index contributed by atoms with van der Waals surface area (Å²) in [5.74, 6) is 1.15. The second-order valence-electron chi connectivity index (χ2n) is 5.79. The van der Waals surface area contributed by atoms with E-state index in [9.17, 15) is 0 Å². The van der Waals surface area contributed by atoms with Gasteiger partial charge >= 0.3 is 0 Å². The Kier molecular flexibility index (Phi) is 6.71. The molecule has 108 valence electrons. The van der Waals surface area contributed by atoms with Gasteiger partial charge in [0.05, 0.1) is 0 Å². The summed E-state index contributed by atoms with van der Waals surface area (Å²) in [5.41, 5.74) is 2.80. The van der Waals surface area contributed by atoms with Gasteiger partial charge in [0.25, 0.3) is 0 Å². The molecular formula is C15H25BrN2S. The molecule has 1 rings (SSSR count). The summed E-state index contributed by atoms with van der Waals surface area (Å²) in [6.07, 6.45) is 2.15. The van der Waals surface area contributed by atoms with E-state index in [-0.39, 0.29) is 5.54 Å². The minimum atomic E-state index is 0.141. The molecule has 0 amide bonds. The van der Waals surface area contributed by atoms with Crippen LogP contribution in [0.25, 0.3) is 0 Å². The average Bonchev–Trinajstić information content (AvgIpc) is 2.33. The molecule has 1 aromatic carbocycles. The topological polar surface area (TPSA) is 15.3 Å². The van der Waals surface area contributed by atoms with Crippen LogP contribution in [0.4, 0.5) is 5.69 Å². The zero-order chi connectivity index (χ0) is 14.5. The summed E-state index contributed by atoms with van der Waals surface area (Å²) >= 11 is 5.45. The van der Waals surface area contributed by atoms with Crippen molar-refractivity contribution in [3.05, 3.63) is 28.2 Å². The van der Waals surface area contributed by atoms with Crippen LogP contribution in [-0.2, 0) is 6.54 Å². The smallest absolute Gasteiger partial charge is 0.0420 e. The van der Waals surface area contributed by atoms with Crippen LogP contribution in [0.3, 0.4) is 0 Å². The van der Waals surface area contributed by atoms with Gasteiger partial charge in [-0.15, -0.1) is 0 Å². The van der Waals surface area contributed by atoms with Crippen molar-refractivity contribution in [1.82, 2.24) is 5.32 Å². The molecule has 0 saturated heterocycles. The quantitative estimate of drug-likeness (QED) is 0.834. The van der Waals surface area contributed by atoms with Crippen LogP contribution in [0, 0.1) is 0 Å². The fourth-order valence-electron chi connectivity index (χ4n) is 1.75. The number of hydrogen-bond donors (Lipinski definition) is 1. The van der Waals surface area contributed by atoms with Crippen LogP contribution in [0.2, 0.25) is 0 Å². The highest BCUT2D eigenvalue weighted by atomic mass is 79.9. The van der Waals surface area contributed by atoms with E-state index < -0.39 is 0 Å². The standard InChI is InChI=1S/C15H25BrN2S/c1-15(2,3)17-11-12-6-7-13(16)10-14(12)18(4)8-9-19-5/h6-7,10,17H,8-9,11H2,1-5H3. The van der Waals surface area contributed by atoms with Crippen LogP contribution in [0.5, 0.6) is 0 Å². The lowest BCUT2D eigenvalue weighted by atomic mass is 10.1. The molecule has 0 atom stereocenters. The molecule has 0 spiro atoms. The Labute approximate surface area is 130 Å². The van der Waals surface area contributed by atoms with Gasteiger partial charge in [0.15, 0.2) is 0 Å². The van der Waals surface area contributed by atoms with Gasteiger partial charge in [0, 0.05) is 41.6 Å². The Morgan fingerprint density at radius 3 is 2.58 bits per heavy atom. The van der Waals surface area contributed by atoms with Crippen molar-refractivity contribution in [2.75, 3.05) is 30.5 Å². The number of halogens is 1. The molecule has 0 aliphatic rings.